The van der Waals surface area contributed by atoms with Crippen molar-refractivity contribution in [3.63, 3.8) is 0 Å². The van der Waals surface area contributed by atoms with Crippen LogP contribution in [0, 0.1) is 0 Å². The topological polar surface area (TPSA) is 96.4 Å². The number of anilines is 1. The van der Waals surface area contributed by atoms with Crippen LogP contribution >= 0.6 is 0 Å². The molecule has 1 N–H and O–H groups in total. The van der Waals surface area contributed by atoms with Crippen molar-refractivity contribution in [1.29, 1.82) is 0 Å². The normalized spacial score (nSPS) is 20.6. The van der Waals surface area contributed by atoms with Crippen molar-refractivity contribution < 1.29 is 45.4 Å². The first-order valence-electron chi connectivity index (χ1n) is 9.50. The minimum absolute atomic E-state index is 0.0416. The lowest BCUT2D eigenvalue weighted by molar-refractivity contribution is -0.253. The van der Waals surface area contributed by atoms with Crippen LogP contribution in [0.1, 0.15) is 12.8 Å². The van der Waals surface area contributed by atoms with E-state index >= 15 is 0 Å². The van der Waals surface area contributed by atoms with Crippen molar-refractivity contribution in [1.82, 2.24) is 4.31 Å². The summed E-state index contributed by atoms with van der Waals surface area (Å²) in [5.41, 5.74) is 0.559. The number of sulfonamides is 1. The first-order valence-corrected chi connectivity index (χ1v) is 10.9. The highest BCUT2D eigenvalue weighted by atomic mass is 32.2. The van der Waals surface area contributed by atoms with E-state index in [1.165, 1.54) is 12.1 Å². The SMILES string of the molecule is O=C(O)C1(S(=O)(=O)N2CCN(c3ccc(OC(F)(F)C(F)F)cc3)CC2)CCOCC1. The van der Waals surface area contributed by atoms with Crippen LogP contribution in [-0.2, 0) is 19.6 Å². The number of rotatable bonds is 7. The Morgan fingerprint density at radius 2 is 1.65 bits per heavy atom. The van der Waals surface area contributed by atoms with E-state index in [1.807, 2.05) is 0 Å². The molecule has 0 aliphatic carbocycles. The summed E-state index contributed by atoms with van der Waals surface area (Å²) in [6.45, 7) is 0.645. The fourth-order valence-electron chi connectivity index (χ4n) is 3.64. The maximum Gasteiger partial charge on any atom is 0.461 e. The van der Waals surface area contributed by atoms with Gasteiger partial charge in [0.05, 0.1) is 0 Å². The van der Waals surface area contributed by atoms with Gasteiger partial charge >= 0.3 is 18.5 Å². The maximum absolute atomic E-state index is 13.1. The van der Waals surface area contributed by atoms with Gasteiger partial charge < -0.3 is 19.5 Å². The Morgan fingerprint density at radius 3 is 2.13 bits per heavy atom. The summed E-state index contributed by atoms with van der Waals surface area (Å²) in [7, 11) is -4.13. The van der Waals surface area contributed by atoms with Gasteiger partial charge in [-0.15, -0.1) is 0 Å². The number of ether oxygens (including phenoxy) is 2. The molecule has 13 heteroatoms. The van der Waals surface area contributed by atoms with E-state index in [0.29, 0.717) is 5.69 Å². The second-order valence-electron chi connectivity index (χ2n) is 7.26. The molecule has 0 saturated carbocycles. The fourth-order valence-corrected chi connectivity index (χ4v) is 5.69. The van der Waals surface area contributed by atoms with Crippen molar-refractivity contribution in [3.8, 4) is 5.75 Å². The fraction of sp³-hybridized carbons (Fsp3) is 0.611. The van der Waals surface area contributed by atoms with Gasteiger partial charge in [-0.05, 0) is 24.3 Å². The van der Waals surface area contributed by atoms with Crippen molar-refractivity contribution in [2.75, 3.05) is 44.3 Å². The minimum atomic E-state index is -4.61. The van der Waals surface area contributed by atoms with Gasteiger partial charge in [0.15, 0.2) is 4.75 Å². The van der Waals surface area contributed by atoms with Crippen LogP contribution in [0.5, 0.6) is 5.75 Å². The molecule has 0 radical (unpaired) electrons. The van der Waals surface area contributed by atoms with Gasteiger partial charge in [-0.25, -0.2) is 8.42 Å². The molecule has 31 heavy (non-hydrogen) atoms. The number of piperazine rings is 1. The lowest BCUT2D eigenvalue weighted by Crippen LogP contribution is -2.59. The highest BCUT2D eigenvalue weighted by Crippen LogP contribution is 2.34. The third-order valence-electron chi connectivity index (χ3n) is 5.47. The van der Waals surface area contributed by atoms with Gasteiger partial charge in [0.1, 0.15) is 5.75 Å². The van der Waals surface area contributed by atoms with Crippen LogP contribution in [0.2, 0.25) is 0 Å². The molecular weight excluding hydrogens is 448 g/mol. The maximum atomic E-state index is 13.1. The molecule has 0 aromatic heterocycles. The second kappa shape index (κ2) is 8.79. The van der Waals surface area contributed by atoms with Crippen LogP contribution in [0.3, 0.4) is 0 Å². The summed E-state index contributed by atoms with van der Waals surface area (Å²) < 4.78 is 85.0. The van der Waals surface area contributed by atoms with Crippen LogP contribution in [0.15, 0.2) is 24.3 Å². The molecule has 2 heterocycles. The number of hydrogen-bond donors (Lipinski definition) is 1. The largest absolute Gasteiger partial charge is 0.480 e. The number of carboxylic acids is 1. The molecule has 0 amide bonds. The van der Waals surface area contributed by atoms with E-state index in [9.17, 15) is 35.9 Å². The molecule has 0 bridgehead atoms. The quantitative estimate of drug-likeness (QED) is 0.609. The minimum Gasteiger partial charge on any atom is -0.480 e. The Balaban J connectivity index is 1.66. The monoisotopic (exact) mass is 470 g/mol. The zero-order valence-corrected chi connectivity index (χ0v) is 17.2. The summed E-state index contributed by atoms with van der Waals surface area (Å²) in [6, 6.07) is 5.04. The number of carboxylic acid groups (broad SMARTS) is 1. The van der Waals surface area contributed by atoms with Crippen LogP contribution in [0.4, 0.5) is 23.2 Å². The Hall–Kier alpha value is -2.12. The van der Waals surface area contributed by atoms with Gasteiger partial charge in [-0.3, -0.25) is 4.79 Å². The molecule has 174 valence electrons. The molecule has 2 aliphatic rings. The predicted molar refractivity (Wildman–Crippen MR) is 101 cm³/mol. The summed E-state index contributed by atoms with van der Waals surface area (Å²) in [4.78, 5) is 13.6. The average molecular weight is 470 g/mol. The van der Waals surface area contributed by atoms with Crippen molar-refractivity contribution in [3.05, 3.63) is 24.3 Å². The number of aliphatic carboxylic acids is 1. The average Bonchev–Trinajstić information content (AvgIpc) is 2.74. The Kier molecular flexibility index (Phi) is 6.67. The highest BCUT2D eigenvalue weighted by Gasteiger charge is 2.54. The lowest BCUT2D eigenvalue weighted by atomic mass is 9.99. The summed E-state index contributed by atoms with van der Waals surface area (Å²) >= 11 is 0. The van der Waals surface area contributed by atoms with E-state index in [4.69, 9.17) is 4.74 Å². The summed E-state index contributed by atoms with van der Waals surface area (Å²) in [5, 5.41) is 9.64. The van der Waals surface area contributed by atoms with E-state index in [-0.39, 0.29) is 52.2 Å². The van der Waals surface area contributed by atoms with Gasteiger partial charge in [0.25, 0.3) is 0 Å². The standard InChI is InChI=1S/C18H22F4N2O6S/c19-15(20)18(21,22)30-14-3-1-13(2-4-14)23-7-9-24(10-8-23)31(27,28)17(16(25)26)5-11-29-12-6-17/h1-4,15H,5-12H2,(H,25,26). The molecule has 3 rings (SSSR count). The molecule has 1 aromatic carbocycles. The number of nitrogens with zero attached hydrogens (tertiary/aromatic N) is 2. The Bertz CT molecular complexity index is 883. The molecule has 0 unspecified atom stereocenters. The highest BCUT2D eigenvalue weighted by molar-refractivity contribution is 7.91. The third kappa shape index (κ3) is 4.58. The Morgan fingerprint density at radius 1 is 1.10 bits per heavy atom. The van der Waals surface area contributed by atoms with Gasteiger partial charge in [0, 0.05) is 57.9 Å². The van der Waals surface area contributed by atoms with Crippen LogP contribution < -0.4 is 9.64 Å². The van der Waals surface area contributed by atoms with E-state index < -0.39 is 39.0 Å². The zero-order chi connectivity index (χ0) is 22.9. The molecule has 2 aliphatic heterocycles. The lowest BCUT2D eigenvalue weighted by Gasteiger charge is -2.41. The van der Waals surface area contributed by atoms with Gasteiger partial charge in [-0.2, -0.15) is 21.9 Å². The molecule has 2 fully saturated rings. The molecule has 0 atom stereocenters. The van der Waals surface area contributed by atoms with E-state index in [1.54, 1.807) is 4.90 Å². The molecular formula is C18H22F4N2O6S. The summed E-state index contributed by atoms with van der Waals surface area (Å²) in [6.07, 6.45) is -8.83. The van der Waals surface area contributed by atoms with E-state index in [0.717, 1.165) is 16.4 Å². The molecule has 8 nitrogen and oxygen atoms in total. The zero-order valence-electron chi connectivity index (χ0n) is 16.3. The molecule has 1 aromatic rings. The third-order valence-corrected chi connectivity index (χ3v) is 8.09. The predicted octanol–water partition coefficient (Wildman–Crippen LogP) is 2.01. The number of hydrogen-bond acceptors (Lipinski definition) is 6. The van der Waals surface area contributed by atoms with Crippen LogP contribution in [0.25, 0.3) is 0 Å². The number of halogens is 4. The van der Waals surface area contributed by atoms with E-state index in [2.05, 4.69) is 4.74 Å². The van der Waals surface area contributed by atoms with Gasteiger partial charge in [0.2, 0.25) is 10.0 Å². The first-order chi connectivity index (χ1) is 14.5. The molecule has 0 spiro atoms. The Labute approximate surface area is 176 Å². The number of benzene rings is 1. The van der Waals surface area contributed by atoms with Crippen molar-refractivity contribution in [2.45, 2.75) is 30.1 Å². The smallest absolute Gasteiger partial charge is 0.461 e. The summed E-state index contributed by atoms with van der Waals surface area (Å²) in [5.74, 6) is -1.83. The number of carbonyl (C=O) groups is 1. The van der Waals surface area contributed by atoms with Crippen molar-refractivity contribution in [2.24, 2.45) is 0 Å². The van der Waals surface area contributed by atoms with Gasteiger partial charge in [-0.1, -0.05) is 0 Å². The van der Waals surface area contributed by atoms with Crippen LogP contribution in [-0.4, -0.2) is 80.5 Å². The second-order valence-corrected chi connectivity index (χ2v) is 9.51. The van der Waals surface area contributed by atoms with Crippen molar-refractivity contribution >= 4 is 21.7 Å². The number of alkyl halides is 4. The molecule has 2 saturated heterocycles. The first kappa shape index (κ1) is 23.5.